The Balaban J connectivity index is 2.82. The van der Waals surface area contributed by atoms with Gasteiger partial charge in [0.2, 0.25) is 0 Å². The molecule has 2 aromatic rings. The predicted octanol–water partition coefficient (Wildman–Crippen LogP) is 4.18. The van der Waals surface area contributed by atoms with Crippen molar-refractivity contribution in [3.05, 3.63) is 34.5 Å². The lowest BCUT2D eigenvalue weighted by Gasteiger charge is -2.10. The van der Waals surface area contributed by atoms with E-state index < -0.39 is 6.43 Å². The first-order valence-corrected chi connectivity index (χ1v) is 5.47. The third kappa shape index (κ3) is 2.17. The highest BCUT2D eigenvalue weighted by Gasteiger charge is 2.14. The average Bonchev–Trinajstić information content (AvgIpc) is 2.27. The van der Waals surface area contributed by atoms with Crippen LogP contribution in [0.2, 0.25) is 5.02 Å². The maximum Gasteiger partial charge on any atom is 0.280 e. The van der Waals surface area contributed by atoms with Crippen molar-refractivity contribution in [2.24, 2.45) is 0 Å². The van der Waals surface area contributed by atoms with Gasteiger partial charge >= 0.3 is 0 Å². The molecule has 1 heterocycles. The number of hydrogen-bond donors (Lipinski definition) is 1. The normalized spacial score (nSPS) is 11.2. The summed E-state index contributed by atoms with van der Waals surface area (Å²) in [6, 6.07) is 4.93. The summed E-state index contributed by atoms with van der Waals surface area (Å²) in [6.07, 6.45) is -2.61. The van der Waals surface area contributed by atoms with Crippen LogP contribution in [0.5, 0.6) is 0 Å². The minimum atomic E-state index is -2.61. The van der Waals surface area contributed by atoms with Crippen molar-refractivity contribution in [1.29, 1.82) is 0 Å². The fourth-order valence-electron chi connectivity index (χ4n) is 1.76. The van der Waals surface area contributed by atoms with Gasteiger partial charge in [-0.05, 0) is 30.7 Å². The Hall–Kier alpha value is -1.42. The Bertz CT molecular complexity index is 570. The molecule has 0 saturated heterocycles. The zero-order valence-electron chi connectivity index (χ0n) is 9.39. The van der Waals surface area contributed by atoms with Gasteiger partial charge in [0.15, 0.2) is 0 Å². The summed E-state index contributed by atoms with van der Waals surface area (Å²) < 4.78 is 25.4. The number of pyridine rings is 1. The molecule has 1 aromatic carbocycles. The second-order valence-electron chi connectivity index (χ2n) is 3.79. The van der Waals surface area contributed by atoms with Gasteiger partial charge in [-0.3, -0.25) is 0 Å². The lowest BCUT2D eigenvalue weighted by molar-refractivity contribution is 0.146. The average molecular weight is 257 g/mol. The van der Waals surface area contributed by atoms with E-state index >= 15 is 0 Å². The van der Waals surface area contributed by atoms with E-state index in [0.29, 0.717) is 16.2 Å². The van der Waals surface area contributed by atoms with Crippen LogP contribution in [0.1, 0.15) is 17.7 Å². The number of alkyl halides is 2. The zero-order valence-corrected chi connectivity index (χ0v) is 10.1. The Labute approximate surface area is 103 Å². The van der Waals surface area contributed by atoms with Crippen molar-refractivity contribution in [2.45, 2.75) is 13.3 Å². The Morgan fingerprint density at radius 3 is 2.59 bits per heavy atom. The van der Waals surface area contributed by atoms with Gasteiger partial charge in [-0.25, -0.2) is 13.8 Å². The summed E-state index contributed by atoms with van der Waals surface area (Å²) >= 11 is 6.03. The van der Waals surface area contributed by atoms with Crippen molar-refractivity contribution >= 4 is 28.2 Å². The fraction of sp³-hybridized carbons (Fsp3) is 0.250. The molecule has 90 valence electrons. The smallest absolute Gasteiger partial charge is 0.280 e. The van der Waals surface area contributed by atoms with Gasteiger partial charge in [-0.1, -0.05) is 11.6 Å². The highest BCUT2D eigenvalue weighted by atomic mass is 35.5. The van der Waals surface area contributed by atoms with Gasteiger partial charge in [-0.15, -0.1) is 0 Å². The second-order valence-corrected chi connectivity index (χ2v) is 4.20. The van der Waals surface area contributed by atoms with E-state index in [1.165, 1.54) is 6.07 Å². The molecule has 0 radical (unpaired) electrons. The van der Waals surface area contributed by atoms with E-state index in [9.17, 15) is 8.78 Å². The first-order chi connectivity index (χ1) is 8.02. The van der Waals surface area contributed by atoms with Crippen LogP contribution in [0.3, 0.4) is 0 Å². The van der Waals surface area contributed by atoms with Crippen molar-refractivity contribution in [1.82, 2.24) is 4.98 Å². The highest BCUT2D eigenvalue weighted by Crippen LogP contribution is 2.32. The largest absolute Gasteiger partial charge is 0.388 e. The van der Waals surface area contributed by atoms with E-state index in [1.54, 1.807) is 13.1 Å². The Morgan fingerprint density at radius 1 is 1.29 bits per heavy atom. The van der Waals surface area contributed by atoms with Crippen LogP contribution in [0, 0.1) is 6.92 Å². The van der Waals surface area contributed by atoms with Gasteiger partial charge < -0.3 is 5.32 Å². The van der Waals surface area contributed by atoms with E-state index in [-0.39, 0.29) is 5.69 Å². The van der Waals surface area contributed by atoms with E-state index in [0.717, 1.165) is 10.9 Å². The molecule has 1 N–H and O–H groups in total. The number of nitrogens with one attached hydrogen (secondary N) is 1. The first kappa shape index (κ1) is 12.0. The van der Waals surface area contributed by atoms with Crippen molar-refractivity contribution in [3.63, 3.8) is 0 Å². The quantitative estimate of drug-likeness (QED) is 0.872. The summed E-state index contributed by atoms with van der Waals surface area (Å²) in [5.74, 6) is 0. The van der Waals surface area contributed by atoms with Gasteiger partial charge in [0, 0.05) is 18.1 Å². The summed E-state index contributed by atoms with van der Waals surface area (Å²) in [5, 5.41) is 4.03. The second kappa shape index (κ2) is 4.45. The lowest BCUT2D eigenvalue weighted by atomic mass is 10.1. The number of aromatic nitrogens is 1. The highest BCUT2D eigenvalue weighted by molar-refractivity contribution is 6.35. The SMILES string of the molecule is CNc1cc(C(F)F)nc2c(Cl)cc(C)cc12. The molecule has 2 rings (SSSR count). The van der Waals surface area contributed by atoms with E-state index in [1.807, 2.05) is 13.0 Å². The van der Waals surface area contributed by atoms with Crippen molar-refractivity contribution in [2.75, 3.05) is 12.4 Å². The van der Waals surface area contributed by atoms with Crippen LogP contribution < -0.4 is 5.32 Å². The zero-order chi connectivity index (χ0) is 12.6. The molecule has 17 heavy (non-hydrogen) atoms. The summed E-state index contributed by atoms with van der Waals surface area (Å²) in [6.45, 7) is 1.89. The van der Waals surface area contributed by atoms with Crippen molar-refractivity contribution < 1.29 is 8.78 Å². The molecule has 0 fully saturated rings. The van der Waals surface area contributed by atoms with Crippen molar-refractivity contribution in [3.8, 4) is 0 Å². The van der Waals surface area contributed by atoms with E-state index in [2.05, 4.69) is 10.3 Å². The van der Waals surface area contributed by atoms with E-state index in [4.69, 9.17) is 11.6 Å². The first-order valence-electron chi connectivity index (χ1n) is 5.09. The van der Waals surface area contributed by atoms with Crippen LogP contribution in [0.25, 0.3) is 10.9 Å². The summed E-state index contributed by atoms with van der Waals surface area (Å²) in [5.41, 5.74) is 1.70. The number of hydrogen-bond acceptors (Lipinski definition) is 2. The lowest BCUT2D eigenvalue weighted by Crippen LogP contribution is -1.97. The molecule has 0 aliphatic carbocycles. The number of halogens is 3. The van der Waals surface area contributed by atoms with Gasteiger partial charge in [-0.2, -0.15) is 0 Å². The van der Waals surface area contributed by atoms with Crippen LogP contribution >= 0.6 is 11.6 Å². The van der Waals surface area contributed by atoms with Gasteiger partial charge in [0.05, 0.1) is 10.5 Å². The summed E-state index contributed by atoms with van der Waals surface area (Å²) in [7, 11) is 1.68. The topological polar surface area (TPSA) is 24.9 Å². The number of rotatable bonds is 2. The molecule has 5 heteroatoms. The number of anilines is 1. The Morgan fingerprint density at radius 2 is 2.00 bits per heavy atom. The van der Waals surface area contributed by atoms with Crippen LogP contribution in [-0.4, -0.2) is 12.0 Å². The standard InChI is InChI=1S/C12H11ClF2N2/c1-6-3-7-9(16-2)5-10(12(14)15)17-11(7)8(13)4-6/h3-5,12H,1-2H3,(H,16,17). The molecular weight excluding hydrogens is 246 g/mol. The third-order valence-corrected chi connectivity index (χ3v) is 2.81. The van der Waals surface area contributed by atoms with Gasteiger partial charge in [0.1, 0.15) is 5.69 Å². The number of aryl methyl sites for hydroxylation is 1. The molecule has 0 unspecified atom stereocenters. The molecule has 0 atom stereocenters. The Kier molecular flexibility index (Phi) is 3.15. The minimum Gasteiger partial charge on any atom is -0.388 e. The maximum absolute atomic E-state index is 12.7. The number of benzene rings is 1. The molecule has 0 saturated carbocycles. The van der Waals surface area contributed by atoms with Crippen LogP contribution in [-0.2, 0) is 0 Å². The predicted molar refractivity (Wildman–Crippen MR) is 66.0 cm³/mol. The molecule has 1 aromatic heterocycles. The van der Waals surface area contributed by atoms with Crippen LogP contribution in [0.4, 0.5) is 14.5 Å². The molecule has 0 aliphatic heterocycles. The molecule has 2 nitrogen and oxygen atoms in total. The molecule has 0 spiro atoms. The summed E-state index contributed by atoms with van der Waals surface area (Å²) in [4.78, 5) is 3.90. The maximum atomic E-state index is 12.7. The number of nitrogens with zero attached hydrogens (tertiary/aromatic N) is 1. The third-order valence-electron chi connectivity index (χ3n) is 2.52. The monoisotopic (exact) mass is 256 g/mol. The van der Waals surface area contributed by atoms with Gasteiger partial charge in [0.25, 0.3) is 6.43 Å². The number of fused-ring (bicyclic) bond motifs is 1. The molecule has 0 amide bonds. The molecule has 0 bridgehead atoms. The minimum absolute atomic E-state index is 0.271. The fourth-order valence-corrected chi connectivity index (χ4v) is 2.08. The molecule has 0 aliphatic rings. The molecular formula is C12H11ClF2N2. The van der Waals surface area contributed by atoms with Crippen LogP contribution in [0.15, 0.2) is 18.2 Å².